The van der Waals surface area contributed by atoms with Gasteiger partial charge in [0.05, 0.1) is 6.10 Å². The van der Waals surface area contributed by atoms with Crippen LogP contribution in [0.15, 0.2) is 24.5 Å². The first-order valence-corrected chi connectivity index (χ1v) is 9.27. The lowest BCUT2D eigenvalue weighted by molar-refractivity contribution is -0.136. The highest BCUT2D eigenvalue weighted by molar-refractivity contribution is 5.80. The largest absolute Gasteiger partial charge is 0.391 e. The second kappa shape index (κ2) is 8.03. The Hall–Kier alpha value is -2.15. The first kappa shape index (κ1) is 18.6. The molecule has 2 aliphatic rings. The number of nitrogens with zero attached hydrogens (tertiary/aromatic N) is 4. The number of piperidine rings is 1. The van der Waals surface area contributed by atoms with E-state index >= 15 is 0 Å². The maximum Gasteiger partial charge on any atom is 0.319 e. The van der Waals surface area contributed by atoms with Crippen LogP contribution < -0.4 is 0 Å². The van der Waals surface area contributed by atoms with Crippen LogP contribution in [0.5, 0.6) is 0 Å². The lowest BCUT2D eigenvalue weighted by Gasteiger charge is -2.34. The Morgan fingerprint density at radius 3 is 2.42 bits per heavy atom. The number of β-amino-alcohol motifs (C(OH)–C–C–N with tert-alkyl or cyclic N) is 1. The molecule has 3 amide bonds. The monoisotopic (exact) mass is 360 g/mol. The van der Waals surface area contributed by atoms with E-state index in [0.717, 1.165) is 12.0 Å². The summed E-state index contributed by atoms with van der Waals surface area (Å²) in [6.07, 6.45) is 5.16. The quantitative estimate of drug-likeness (QED) is 0.866. The number of carbonyl (C=O) groups excluding carboxylic acids is 2. The van der Waals surface area contributed by atoms with Gasteiger partial charge >= 0.3 is 6.03 Å². The van der Waals surface area contributed by atoms with E-state index in [2.05, 4.69) is 4.98 Å². The number of likely N-dealkylation sites (tertiary alicyclic amines) is 2. The van der Waals surface area contributed by atoms with Gasteiger partial charge in [-0.15, -0.1) is 0 Å². The predicted octanol–water partition coefficient (Wildman–Crippen LogP) is 0.837. The Morgan fingerprint density at radius 1 is 1.15 bits per heavy atom. The average molecular weight is 360 g/mol. The lowest BCUT2D eigenvalue weighted by Crippen LogP contribution is -2.47. The van der Waals surface area contributed by atoms with Crippen molar-refractivity contribution in [2.45, 2.75) is 25.4 Å². The summed E-state index contributed by atoms with van der Waals surface area (Å²) in [4.78, 5) is 34.1. The highest BCUT2D eigenvalue weighted by Crippen LogP contribution is 2.26. The van der Waals surface area contributed by atoms with E-state index in [0.29, 0.717) is 39.0 Å². The van der Waals surface area contributed by atoms with Crippen molar-refractivity contribution in [1.29, 1.82) is 0 Å². The third kappa shape index (κ3) is 4.15. The summed E-state index contributed by atoms with van der Waals surface area (Å²) in [5.74, 6) is 0.142. The standard InChI is InChI=1S/C19H28N4O3/c1-21(2)19(26)22-9-5-15(6-10-22)18(25)23-12-16(17(24)13-23)11-14-3-7-20-8-4-14/h3-4,7-8,15-17,24H,5-6,9-13H2,1-2H3/t16-,17-/m1/s1. The number of amides is 3. The second-order valence-electron chi connectivity index (χ2n) is 7.57. The Bertz CT molecular complexity index is 629. The van der Waals surface area contributed by atoms with E-state index < -0.39 is 6.10 Å². The maximum absolute atomic E-state index is 12.8. The highest BCUT2D eigenvalue weighted by Gasteiger charge is 2.37. The Morgan fingerprint density at radius 2 is 1.81 bits per heavy atom. The van der Waals surface area contributed by atoms with E-state index in [1.165, 1.54) is 0 Å². The van der Waals surface area contributed by atoms with Crippen LogP contribution in [0.25, 0.3) is 0 Å². The fourth-order valence-electron chi connectivity index (χ4n) is 3.92. The summed E-state index contributed by atoms with van der Waals surface area (Å²) in [5, 5.41) is 10.4. The van der Waals surface area contributed by atoms with Crippen LogP contribution in [0.3, 0.4) is 0 Å². The van der Waals surface area contributed by atoms with E-state index in [1.807, 2.05) is 17.0 Å². The molecule has 2 aliphatic heterocycles. The van der Waals surface area contributed by atoms with Crippen LogP contribution in [0.4, 0.5) is 4.79 Å². The molecule has 2 saturated heterocycles. The molecule has 2 fully saturated rings. The zero-order valence-electron chi connectivity index (χ0n) is 15.5. The first-order chi connectivity index (χ1) is 12.5. The summed E-state index contributed by atoms with van der Waals surface area (Å²) in [7, 11) is 3.49. The summed E-state index contributed by atoms with van der Waals surface area (Å²) in [6, 6.07) is 3.91. The minimum atomic E-state index is -0.484. The molecule has 3 rings (SSSR count). The Kier molecular flexibility index (Phi) is 5.76. The highest BCUT2D eigenvalue weighted by atomic mass is 16.3. The van der Waals surface area contributed by atoms with Crippen molar-refractivity contribution in [1.82, 2.24) is 19.7 Å². The van der Waals surface area contributed by atoms with Crippen molar-refractivity contribution in [3.05, 3.63) is 30.1 Å². The number of rotatable bonds is 3. The topological polar surface area (TPSA) is 77.0 Å². The zero-order valence-corrected chi connectivity index (χ0v) is 15.5. The summed E-state index contributed by atoms with van der Waals surface area (Å²) in [5.41, 5.74) is 1.13. The fourth-order valence-corrected chi connectivity index (χ4v) is 3.92. The Labute approximate surface area is 154 Å². The van der Waals surface area contributed by atoms with Crippen molar-refractivity contribution in [3.8, 4) is 0 Å². The van der Waals surface area contributed by atoms with Crippen LogP contribution in [0, 0.1) is 11.8 Å². The minimum absolute atomic E-state index is 0.00455. The van der Waals surface area contributed by atoms with Gasteiger partial charge < -0.3 is 19.8 Å². The van der Waals surface area contributed by atoms with Crippen LogP contribution in [0.2, 0.25) is 0 Å². The molecular weight excluding hydrogens is 332 g/mol. The molecule has 26 heavy (non-hydrogen) atoms. The molecule has 0 aromatic carbocycles. The molecule has 7 nitrogen and oxygen atoms in total. The second-order valence-corrected chi connectivity index (χ2v) is 7.57. The van der Waals surface area contributed by atoms with Gasteiger partial charge in [-0.05, 0) is 37.0 Å². The molecule has 1 N–H and O–H groups in total. The van der Waals surface area contributed by atoms with Crippen molar-refractivity contribution >= 4 is 11.9 Å². The van der Waals surface area contributed by atoms with E-state index in [-0.39, 0.29) is 23.8 Å². The molecule has 0 unspecified atom stereocenters. The smallest absolute Gasteiger partial charge is 0.319 e. The van der Waals surface area contributed by atoms with Crippen molar-refractivity contribution < 1.29 is 14.7 Å². The molecule has 0 spiro atoms. The molecule has 0 saturated carbocycles. The van der Waals surface area contributed by atoms with Crippen molar-refractivity contribution in [3.63, 3.8) is 0 Å². The third-order valence-corrected chi connectivity index (χ3v) is 5.46. The van der Waals surface area contributed by atoms with Crippen LogP contribution in [-0.2, 0) is 11.2 Å². The number of carbonyl (C=O) groups is 2. The molecule has 1 aromatic rings. The molecule has 0 bridgehead atoms. The van der Waals surface area contributed by atoms with Gasteiger partial charge in [0.15, 0.2) is 0 Å². The summed E-state index contributed by atoms with van der Waals surface area (Å²) >= 11 is 0. The van der Waals surface area contributed by atoms with Crippen LogP contribution in [-0.4, -0.2) is 83.1 Å². The van der Waals surface area contributed by atoms with Gasteiger partial charge in [0.2, 0.25) is 5.91 Å². The first-order valence-electron chi connectivity index (χ1n) is 9.27. The number of aliphatic hydroxyl groups is 1. The Balaban J connectivity index is 1.52. The molecule has 0 radical (unpaired) electrons. The summed E-state index contributed by atoms with van der Waals surface area (Å²) in [6.45, 7) is 2.24. The van der Waals surface area contributed by atoms with Gasteiger partial charge in [-0.2, -0.15) is 0 Å². The number of hydrogen-bond acceptors (Lipinski definition) is 4. The summed E-state index contributed by atoms with van der Waals surface area (Å²) < 4.78 is 0. The van der Waals surface area contributed by atoms with Crippen LogP contribution in [0.1, 0.15) is 18.4 Å². The van der Waals surface area contributed by atoms with Crippen molar-refractivity contribution in [2.24, 2.45) is 11.8 Å². The molecule has 0 aliphatic carbocycles. The minimum Gasteiger partial charge on any atom is -0.391 e. The van der Waals surface area contributed by atoms with E-state index in [9.17, 15) is 14.7 Å². The van der Waals surface area contributed by atoms with Gasteiger partial charge in [-0.3, -0.25) is 9.78 Å². The third-order valence-electron chi connectivity index (χ3n) is 5.46. The van der Waals surface area contributed by atoms with Gasteiger partial charge in [-0.25, -0.2) is 4.79 Å². The zero-order chi connectivity index (χ0) is 18.7. The van der Waals surface area contributed by atoms with Crippen LogP contribution >= 0.6 is 0 Å². The molecule has 3 heterocycles. The fraction of sp³-hybridized carbons (Fsp3) is 0.632. The maximum atomic E-state index is 12.8. The van der Waals surface area contributed by atoms with E-state index in [4.69, 9.17) is 0 Å². The molecule has 7 heteroatoms. The number of hydrogen-bond donors (Lipinski definition) is 1. The SMILES string of the molecule is CN(C)C(=O)N1CCC(C(=O)N2C[C@@H](Cc3ccncc3)[C@H](O)C2)CC1. The lowest BCUT2D eigenvalue weighted by atomic mass is 9.95. The molecule has 142 valence electrons. The van der Waals surface area contributed by atoms with Gasteiger partial charge in [0.1, 0.15) is 0 Å². The number of aliphatic hydroxyl groups excluding tert-OH is 1. The van der Waals surface area contributed by atoms with Gasteiger partial charge in [0.25, 0.3) is 0 Å². The van der Waals surface area contributed by atoms with E-state index in [1.54, 1.807) is 36.3 Å². The average Bonchev–Trinajstić information content (AvgIpc) is 3.02. The number of urea groups is 1. The number of pyridine rings is 1. The normalized spacial score (nSPS) is 24.0. The molecule has 1 aromatic heterocycles. The molecule has 2 atom stereocenters. The predicted molar refractivity (Wildman–Crippen MR) is 97.4 cm³/mol. The van der Waals surface area contributed by atoms with Gasteiger partial charge in [0, 0.05) is 64.5 Å². The number of aromatic nitrogens is 1. The van der Waals surface area contributed by atoms with Gasteiger partial charge in [-0.1, -0.05) is 0 Å². The van der Waals surface area contributed by atoms with Crippen molar-refractivity contribution in [2.75, 3.05) is 40.3 Å². The molecular formula is C19H28N4O3.